The zero-order valence-corrected chi connectivity index (χ0v) is 11.3. The maximum absolute atomic E-state index is 11.4. The molecule has 0 heterocycles. The van der Waals surface area contributed by atoms with Gasteiger partial charge in [0.2, 0.25) is 0 Å². The summed E-state index contributed by atoms with van der Waals surface area (Å²) in [5.41, 5.74) is -0.635. The number of carboxylic acids is 1. The van der Waals surface area contributed by atoms with Gasteiger partial charge in [0.25, 0.3) is 0 Å². The second kappa shape index (κ2) is 7.21. The summed E-state index contributed by atoms with van der Waals surface area (Å²) in [6.45, 7) is 6.99. The monoisotopic (exact) mass is 261 g/mol. The van der Waals surface area contributed by atoms with Crippen LogP contribution in [-0.2, 0) is 9.53 Å². The normalized spacial score (nSPS) is 13.4. The Labute approximate surface area is 106 Å². The summed E-state index contributed by atoms with van der Waals surface area (Å²) in [5, 5.41) is 13.0. The van der Waals surface area contributed by atoms with Gasteiger partial charge in [-0.25, -0.2) is 9.59 Å². The van der Waals surface area contributed by atoms with Gasteiger partial charge >= 0.3 is 12.1 Å². The summed E-state index contributed by atoms with van der Waals surface area (Å²) < 4.78 is 4.98. The van der Waals surface area contributed by atoms with Crippen molar-refractivity contribution in [2.75, 3.05) is 5.75 Å². The smallest absolute Gasteiger partial charge is 0.408 e. The maximum Gasteiger partial charge on any atom is 0.408 e. The number of allylic oxidation sites excluding steroid dienone is 1. The van der Waals surface area contributed by atoms with E-state index in [-0.39, 0.29) is 5.75 Å². The number of carboxylic acid groups (broad SMARTS) is 1. The van der Waals surface area contributed by atoms with Gasteiger partial charge in [0.1, 0.15) is 11.6 Å². The number of carbonyl (C=O) groups is 2. The molecule has 1 amide bonds. The van der Waals surface area contributed by atoms with Crippen molar-refractivity contribution in [2.45, 2.75) is 39.3 Å². The predicted molar refractivity (Wildman–Crippen MR) is 68.1 cm³/mol. The highest BCUT2D eigenvalue weighted by molar-refractivity contribution is 8.02. The molecule has 0 aromatic carbocycles. The molecule has 0 aliphatic carbocycles. The number of hydrogen-bond acceptors (Lipinski definition) is 4. The van der Waals surface area contributed by atoms with E-state index in [0.717, 1.165) is 0 Å². The molecule has 0 unspecified atom stereocenters. The SMILES string of the molecule is CC=CSC[C@H](NC(=O)OC(C)(C)C)C(=O)O. The van der Waals surface area contributed by atoms with E-state index >= 15 is 0 Å². The van der Waals surface area contributed by atoms with E-state index in [0.29, 0.717) is 0 Å². The standard InChI is InChI=1S/C11H19NO4S/c1-5-6-17-7-8(9(13)14)12-10(15)16-11(2,3)4/h5-6,8H,7H2,1-4H3,(H,12,15)(H,13,14)/t8-/m0/s1. The molecule has 0 radical (unpaired) electrons. The summed E-state index contributed by atoms with van der Waals surface area (Å²) in [6, 6.07) is -0.953. The number of alkyl carbamates (subject to hydrolysis) is 1. The Bertz CT molecular complexity index is 296. The number of carbonyl (C=O) groups excluding carboxylic acids is 1. The van der Waals surface area contributed by atoms with Crippen LogP contribution in [0.3, 0.4) is 0 Å². The highest BCUT2D eigenvalue weighted by Crippen LogP contribution is 2.09. The van der Waals surface area contributed by atoms with Crippen LogP contribution in [0, 0.1) is 0 Å². The molecule has 0 aromatic heterocycles. The minimum Gasteiger partial charge on any atom is -0.480 e. The maximum atomic E-state index is 11.4. The van der Waals surface area contributed by atoms with E-state index in [1.165, 1.54) is 11.8 Å². The first-order chi connectivity index (χ1) is 7.76. The van der Waals surface area contributed by atoms with Gasteiger partial charge in [-0.1, -0.05) is 6.08 Å². The van der Waals surface area contributed by atoms with Crippen molar-refractivity contribution in [3.8, 4) is 0 Å². The number of hydrogen-bond donors (Lipinski definition) is 2. The molecule has 6 heteroatoms. The first-order valence-electron chi connectivity index (χ1n) is 5.21. The van der Waals surface area contributed by atoms with Gasteiger partial charge in [-0.3, -0.25) is 0 Å². The molecule has 0 rings (SSSR count). The van der Waals surface area contributed by atoms with Crippen molar-refractivity contribution in [1.29, 1.82) is 0 Å². The lowest BCUT2D eigenvalue weighted by Crippen LogP contribution is -2.44. The van der Waals surface area contributed by atoms with Crippen molar-refractivity contribution in [1.82, 2.24) is 5.32 Å². The quantitative estimate of drug-likeness (QED) is 0.793. The number of ether oxygens (including phenoxy) is 1. The third-order valence-electron chi connectivity index (χ3n) is 1.48. The predicted octanol–water partition coefficient (Wildman–Crippen LogP) is 2.23. The Kier molecular flexibility index (Phi) is 6.72. The molecule has 2 N–H and O–H groups in total. The van der Waals surface area contributed by atoms with Gasteiger partial charge in [-0.05, 0) is 33.1 Å². The van der Waals surface area contributed by atoms with Crippen LogP contribution in [0.2, 0.25) is 0 Å². The van der Waals surface area contributed by atoms with Crippen LogP contribution >= 0.6 is 11.8 Å². The average Bonchev–Trinajstić information content (AvgIpc) is 2.13. The molecule has 0 saturated heterocycles. The lowest BCUT2D eigenvalue weighted by Gasteiger charge is -2.21. The highest BCUT2D eigenvalue weighted by Gasteiger charge is 2.23. The zero-order valence-electron chi connectivity index (χ0n) is 10.5. The minimum atomic E-state index is -1.08. The molecule has 0 saturated carbocycles. The minimum absolute atomic E-state index is 0.263. The largest absolute Gasteiger partial charge is 0.480 e. The fourth-order valence-electron chi connectivity index (χ4n) is 0.873. The average molecular weight is 261 g/mol. The van der Waals surface area contributed by atoms with Gasteiger partial charge in [0.15, 0.2) is 0 Å². The molecular formula is C11H19NO4S. The molecule has 98 valence electrons. The summed E-state index contributed by atoms with van der Waals surface area (Å²) in [4.78, 5) is 22.3. The summed E-state index contributed by atoms with van der Waals surface area (Å²) in [6.07, 6.45) is 1.09. The number of nitrogens with one attached hydrogen (secondary N) is 1. The summed E-state index contributed by atoms with van der Waals surface area (Å²) in [5.74, 6) is -0.813. The Hall–Kier alpha value is -1.17. The van der Waals surface area contributed by atoms with Gasteiger partial charge < -0.3 is 15.2 Å². The zero-order chi connectivity index (χ0) is 13.5. The fraction of sp³-hybridized carbons (Fsp3) is 0.636. The van der Waals surface area contributed by atoms with Crippen LogP contribution < -0.4 is 5.32 Å². The summed E-state index contributed by atoms with van der Waals surface area (Å²) >= 11 is 1.32. The van der Waals surface area contributed by atoms with E-state index in [2.05, 4.69) is 5.32 Å². The number of rotatable bonds is 5. The Morgan fingerprint density at radius 1 is 1.47 bits per heavy atom. The molecule has 0 bridgehead atoms. The second-order valence-corrected chi connectivity index (χ2v) is 5.28. The fourth-order valence-corrected chi connectivity index (χ4v) is 1.59. The number of amides is 1. The van der Waals surface area contributed by atoms with Crippen molar-refractivity contribution >= 4 is 23.8 Å². The first-order valence-corrected chi connectivity index (χ1v) is 6.26. The lowest BCUT2D eigenvalue weighted by molar-refractivity contribution is -0.138. The van der Waals surface area contributed by atoms with E-state index in [9.17, 15) is 9.59 Å². The third kappa shape index (κ3) is 8.62. The van der Waals surface area contributed by atoms with Crippen LogP contribution in [0.5, 0.6) is 0 Å². The summed E-state index contributed by atoms with van der Waals surface area (Å²) in [7, 11) is 0. The molecule has 0 aliphatic rings. The van der Waals surface area contributed by atoms with Crippen LogP contribution in [0.4, 0.5) is 4.79 Å². The van der Waals surface area contributed by atoms with Crippen LogP contribution in [0.25, 0.3) is 0 Å². The topological polar surface area (TPSA) is 75.6 Å². The Morgan fingerprint density at radius 3 is 2.47 bits per heavy atom. The molecule has 17 heavy (non-hydrogen) atoms. The van der Waals surface area contributed by atoms with E-state index in [4.69, 9.17) is 9.84 Å². The highest BCUT2D eigenvalue weighted by atomic mass is 32.2. The molecule has 0 aliphatic heterocycles. The number of aliphatic carboxylic acids is 1. The van der Waals surface area contributed by atoms with Crippen molar-refractivity contribution in [2.24, 2.45) is 0 Å². The van der Waals surface area contributed by atoms with Crippen LogP contribution in [0.1, 0.15) is 27.7 Å². The van der Waals surface area contributed by atoms with E-state index in [1.807, 2.05) is 6.92 Å². The van der Waals surface area contributed by atoms with E-state index in [1.54, 1.807) is 32.3 Å². The molecule has 0 spiro atoms. The van der Waals surface area contributed by atoms with Gasteiger partial charge in [0.05, 0.1) is 0 Å². The van der Waals surface area contributed by atoms with Gasteiger partial charge in [0, 0.05) is 5.75 Å². The molecular weight excluding hydrogens is 242 g/mol. The second-order valence-electron chi connectivity index (χ2n) is 4.34. The molecule has 0 aromatic rings. The molecule has 5 nitrogen and oxygen atoms in total. The molecule has 1 atom stereocenters. The van der Waals surface area contributed by atoms with Crippen LogP contribution in [-0.4, -0.2) is 34.6 Å². The van der Waals surface area contributed by atoms with Crippen molar-refractivity contribution in [3.63, 3.8) is 0 Å². The van der Waals surface area contributed by atoms with Crippen LogP contribution in [0.15, 0.2) is 11.5 Å². The Balaban J connectivity index is 4.25. The van der Waals surface area contributed by atoms with Gasteiger partial charge in [-0.2, -0.15) is 0 Å². The van der Waals surface area contributed by atoms with E-state index < -0.39 is 23.7 Å². The Morgan fingerprint density at radius 2 is 2.06 bits per heavy atom. The first kappa shape index (κ1) is 15.8. The van der Waals surface area contributed by atoms with Gasteiger partial charge in [-0.15, -0.1) is 11.8 Å². The third-order valence-corrected chi connectivity index (χ3v) is 2.47. The number of thioether (sulfide) groups is 1. The van der Waals surface area contributed by atoms with Crippen molar-refractivity contribution in [3.05, 3.63) is 11.5 Å². The molecule has 0 fully saturated rings. The lowest BCUT2D eigenvalue weighted by atomic mass is 10.2. The van der Waals surface area contributed by atoms with Crippen molar-refractivity contribution < 1.29 is 19.4 Å².